The number of carbonyl (C=O) groups excluding carboxylic acids is 3. The molecule has 0 bridgehead atoms. The number of hydrogen-bond donors (Lipinski definition) is 3. The van der Waals surface area contributed by atoms with Gasteiger partial charge < -0.3 is 19.9 Å². The number of imide groups is 1. The van der Waals surface area contributed by atoms with Crippen molar-refractivity contribution in [1.82, 2.24) is 10.2 Å². The Morgan fingerprint density at radius 1 is 1.11 bits per heavy atom. The third kappa shape index (κ3) is 3.33. The average Bonchev–Trinajstić information content (AvgIpc) is 3.43. The van der Waals surface area contributed by atoms with E-state index < -0.39 is 47.2 Å². The van der Waals surface area contributed by atoms with Gasteiger partial charge in [-0.25, -0.2) is 0 Å². The minimum Gasteiger partial charge on any atom is -0.493 e. The van der Waals surface area contributed by atoms with Gasteiger partial charge in [0.15, 0.2) is 11.5 Å². The highest BCUT2D eigenvalue weighted by Crippen LogP contribution is 2.54. The Bertz CT molecular complexity index is 1230. The minimum atomic E-state index is -1.49. The quantitative estimate of drug-likeness (QED) is 0.518. The van der Waals surface area contributed by atoms with Crippen LogP contribution in [0.1, 0.15) is 18.1 Å². The Balaban J connectivity index is 1.49. The van der Waals surface area contributed by atoms with Crippen molar-refractivity contribution in [2.75, 3.05) is 26.1 Å². The van der Waals surface area contributed by atoms with Crippen LogP contribution in [0.5, 0.6) is 11.5 Å². The average molecular weight is 500 g/mol. The molecule has 9 nitrogen and oxygen atoms in total. The van der Waals surface area contributed by atoms with E-state index >= 15 is 0 Å². The van der Waals surface area contributed by atoms with E-state index in [1.165, 1.54) is 12.0 Å². The summed E-state index contributed by atoms with van der Waals surface area (Å²) < 4.78 is 10.6. The molecule has 3 aliphatic heterocycles. The summed E-state index contributed by atoms with van der Waals surface area (Å²) >= 11 is 6.32. The second-order valence-electron chi connectivity index (χ2n) is 9.11. The largest absolute Gasteiger partial charge is 0.493 e. The first-order valence-corrected chi connectivity index (χ1v) is 11.7. The van der Waals surface area contributed by atoms with Crippen LogP contribution in [0, 0.1) is 11.8 Å². The first-order chi connectivity index (χ1) is 16.7. The fourth-order valence-electron chi connectivity index (χ4n) is 5.69. The van der Waals surface area contributed by atoms with Gasteiger partial charge in [-0.2, -0.15) is 0 Å². The summed E-state index contributed by atoms with van der Waals surface area (Å²) in [6.07, 6.45) is -0.577. The van der Waals surface area contributed by atoms with Crippen LogP contribution in [0.25, 0.3) is 0 Å². The van der Waals surface area contributed by atoms with Crippen molar-refractivity contribution in [3.63, 3.8) is 0 Å². The molecule has 2 aromatic carbocycles. The van der Waals surface area contributed by atoms with Crippen molar-refractivity contribution in [1.29, 1.82) is 0 Å². The number of fused-ring (bicyclic) bond motifs is 4. The Hall–Kier alpha value is -3.14. The third-order valence-corrected chi connectivity index (χ3v) is 7.63. The van der Waals surface area contributed by atoms with Crippen molar-refractivity contribution in [3.8, 4) is 11.5 Å². The molecular weight excluding hydrogens is 474 g/mol. The Morgan fingerprint density at radius 3 is 2.54 bits per heavy atom. The smallest absolute Gasteiger partial charge is 0.250 e. The van der Waals surface area contributed by atoms with Crippen molar-refractivity contribution < 1.29 is 29.0 Å². The van der Waals surface area contributed by atoms with Gasteiger partial charge in [-0.05, 0) is 37.1 Å². The second-order valence-corrected chi connectivity index (χ2v) is 9.51. The molecule has 0 saturated carbocycles. The number of nitrogens with zero attached hydrogens (tertiary/aromatic N) is 1. The molecule has 0 radical (unpaired) electrons. The SMILES string of the molecule is COc1ccc(CCN2C(=O)[C@@H]3[C@@H]([C@H](C)O)N[C@@]4(C(=O)Nc5c(Cl)cccc54)[C@@H]3C2=O)cc1OC. The van der Waals surface area contributed by atoms with Gasteiger partial charge in [0.25, 0.3) is 0 Å². The van der Waals surface area contributed by atoms with E-state index in [4.69, 9.17) is 21.1 Å². The number of anilines is 1. The van der Waals surface area contributed by atoms with Gasteiger partial charge in [0.1, 0.15) is 5.54 Å². The molecule has 5 atom stereocenters. The van der Waals surface area contributed by atoms with Crippen LogP contribution in [0.15, 0.2) is 36.4 Å². The molecule has 3 heterocycles. The molecule has 35 heavy (non-hydrogen) atoms. The summed E-state index contributed by atoms with van der Waals surface area (Å²) in [5.41, 5.74) is 0.296. The van der Waals surface area contributed by atoms with Crippen LogP contribution in [0.2, 0.25) is 5.02 Å². The normalized spacial score (nSPS) is 27.7. The van der Waals surface area contributed by atoms with E-state index in [-0.39, 0.29) is 6.54 Å². The maximum atomic E-state index is 13.7. The van der Waals surface area contributed by atoms with Gasteiger partial charge in [-0.1, -0.05) is 29.8 Å². The number of halogens is 1. The van der Waals surface area contributed by atoms with Crippen LogP contribution >= 0.6 is 11.6 Å². The lowest BCUT2D eigenvalue weighted by Gasteiger charge is -2.30. The zero-order valence-electron chi connectivity index (χ0n) is 19.5. The molecule has 1 spiro atoms. The van der Waals surface area contributed by atoms with Crippen LogP contribution in [0.3, 0.4) is 0 Å². The number of hydrogen-bond acceptors (Lipinski definition) is 7. The Morgan fingerprint density at radius 2 is 1.86 bits per heavy atom. The molecule has 0 aliphatic carbocycles. The number of methoxy groups -OCH3 is 2. The molecule has 184 valence electrons. The number of amides is 3. The molecule has 2 fully saturated rings. The van der Waals surface area contributed by atoms with Crippen molar-refractivity contribution in [2.45, 2.75) is 31.0 Å². The fraction of sp³-hybridized carbons (Fsp3) is 0.400. The van der Waals surface area contributed by atoms with E-state index in [0.29, 0.717) is 34.2 Å². The van der Waals surface area contributed by atoms with Crippen molar-refractivity contribution in [2.24, 2.45) is 11.8 Å². The number of aliphatic hydroxyl groups excluding tert-OH is 1. The molecule has 0 unspecified atom stereocenters. The number of nitrogens with one attached hydrogen (secondary N) is 2. The molecule has 2 aromatic rings. The maximum Gasteiger partial charge on any atom is 0.250 e. The molecule has 3 N–H and O–H groups in total. The molecule has 2 saturated heterocycles. The third-order valence-electron chi connectivity index (χ3n) is 7.32. The number of carbonyl (C=O) groups is 3. The standard InChI is InChI=1S/C25H26ClN3O6/c1-12(30)20-18-19(25(28-20)14-5-4-6-15(26)21(14)27-24(25)33)23(32)29(22(18)31)10-9-13-7-8-16(34-2)17(11-13)35-3/h4-8,11-12,18-20,28,30H,9-10H2,1-3H3,(H,27,33)/t12-,18-,19-,20+,25+/m0/s1. The molecule has 3 amide bonds. The van der Waals surface area contributed by atoms with E-state index in [1.54, 1.807) is 44.4 Å². The number of rotatable bonds is 6. The summed E-state index contributed by atoms with van der Waals surface area (Å²) in [5.74, 6) is -2.06. The molecular formula is C25H26ClN3O6. The van der Waals surface area contributed by atoms with Gasteiger partial charge in [0, 0.05) is 18.2 Å². The summed E-state index contributed by atoms with van der Waals surface area (Å²) in [6.45, 7) is 1.68. The van der Waals surface area contributed by atoms with Crippen molar-refractivity contribution >= 4 is 35.0 Å². The van der Waals surface area contributed by atoms with E-state index in [2.05, 4.69) is 10.6 Å². The molecule has 0 aromatic heterocycles. The van der Waals surface area contributed by atoms with Crippen molar-refractivity contribution in [3.05, 3.63) is 52.5 Å². The van der Waals surface area contributed by atoms with Crippen LogP contribution in [0.4, 0.5) is 5.69 Å². The first-order valence-electron chi connectivity index (χ1n) is 11.4. The van der Waals surface area contributed by atoms with Crippen LogP contribution in [-0.4, -0.2) is 60.6 Å². The number of likely N-dealkylation sites (tertiary alicyclic amines) is 1. The summed E-state index contributed by atoms with van der Waals surface area (Å²) in [6, 6.07) is 9.70. The predicted octanol–water partition coefficient (Wildman–Crippen LogP) is 1.70. The predicted molar refractivity (Wildman–Crippen MR) is 127 cm³/mol. The Kier molecular flexibility index (Phi) is 5.74. The monoisotopic (exact) mass is 499 g/mol. The second kappa shape index (κ2) is 8.51. The van der Waals surface area contributed by atoms with Gasteiger partial charge in [-0.15, -0.1) is 0 Å². The minimum absolute atomic E-state index is 0.132. The first kappa shape index (κ1) is 23.6. The molecule has 5 rings (SSSR count). The lowest BCUT2D eigenvalue weighted by molar-refractivity contribution is -0.143. The number of benzene rings is 2. The van der Waals surface area contributed by atoms with Gasteiger partial charge in [0.2, 0.25) is 17.7 Å². The molecule has 3 aliphatic rings. The van der Waals surface area contributed by atoms with Gasteiger partial charge in [-0.3, -0.25) is 24.6 Å². The maximum absolute atomic E-state index is 13.7. The van der Waals surface area contributed by atoms with Crippen LogP contribution in [-0.2, 0) is 26.3 Å². The lowest BCUT2D eigenvalue weighted by atomic mass is 9.76. The fourth-order valence-corrected chi connectivity index (χ4v) is 5.92. The van der Waals surface area contributed by atoms with E-state index in [9.17, 15) is 19.5 Å². The highest BCUT2D eigenvalue weighted by Gasteiger charge is 2.71. The van der Waals surface area contributed by atoms with Crippen LogP contribution < -0.4 is 20.1 Å². The summed E-state index contributed by atoms with van der Waals surface area (Å²) in [4.78, 5) is 41.8. The number of para-hydroxylation sites is 1. The number of ether oxygens (including phenoxy) is 2. The van der Waals surface area contributed by atoms with Gasteiger partial charge in [0.05, 0.1) is 42.9 Å². The topological polar surface area (TPSA) is 117 Å². The van der Waals surface area contributed by atoms with Gasteiger partial charge >= 0.3 is 0 Å². The number of aliphatic hydroxyl groups is 1. The summed E-state index contributed by atoms with van der Waals surface area (Å²) in [5, 5.41) is 16.8. The van der Waals surface area contributed by atoms with E-state index in [0.717, 1.165) is 5.56 Å². The zero-order valence-corrected chi connectivity index (χ0v) is 20.3. The highest BCUT2D eigenvalue weighted by atomic mass is 35.5. The zero-order chi connectivity index (χ0) is 25.1. The highest BCUT2D eigenvalue weighted by molar-refractivity contribution is 6.35. The lowest BCUT2D eigenvalue weighted by Crippen LogP contribution is -2.54. The summed E-state index contributed by atoms with van der Waals surface area (Å²) in [7, 11) is 3.08. The Labute approximate surface area is 207 Å². The van der Waals surface area contributed by atoms with E-state index in [1.807, 2.05) is 6.07 Å². The molecule has 10 heteroatoms.